The molecule has 22 nitrogen and oxygen atoms in total. The minimum Gasteiger partial charge on any atom is -0.481 e. The Kier molecular flexibility index (Phi) is 19.7. The Labute approximate surface area is 309 Å². The first-order valence-electron chi connectivity index (χ1n) is 16.7. The van der Waals surface area contributed by atoms with Crippen LogP contribution < -0.4 is 54.8 Å². The molecule has 0 aromatic heterocycles. The maximum Gasteiger partial charge on any atom is 0.326 e. The van der Waals surface area contributed by atoms with E-state index >= 15 is 0 Å². The molecule has 7 amide bonds. The molecule has 0 saturated heterocycles. The number of carbonyl (C=O) groups is 9. The summed E-state index contributed by atoms with van der Waals surface area (Å²) in [5.41, 5.74) is 21.9. The fourth-order valence-electron chi connectivity index (χ4n) is 4.74. The van der Waals surface area contributed by atoms with Gasteiger partial charge >= 0.3 is 11.9 Å². The summed E-state index contributed by atoms with van der Waals surface area (Å²) in [6.07, 6.45) is -2.33. The van der Waals surface area contributed by atoms with Crippen LogP contribution in [-0.4, -0.2) is 112 Å². The molecule has 0 spiro atoms. The Morgan fingerprint density at radius 3 is 1.61 bits per heavy atom. The van der Waals surface area contributed by atoms with Crippen LogP contribution in [0.1, 0.15) is 57.4 Å². The van der Waals surface area contributed by atoms with Gasteiger partial charge in [-0.15, -0.1) is 0 Å². The number of rotatable bonds is 25. The Morgan fingerprint density at radius 2 is 1.13 bits per heavy atom. The van der Waals surface area contributed by atoms with Crippen molar-refractivity contribution in [2.45, 2.75) is 94.5 Å². The largest absolute Gasteiger partial charge is 0.481 e. The van der Waals surface area contributed by atoms with E-state index in [1.54, 1.807) is 30.3 Å². The lowest BCUT2D eigenvalue weighted by atomic mass is 10.0. The number of carbonyl (C=O) groups excluding carboxylic acids is 7. The topological polar surface area (TPSA) is 394 Å². The molecule has 54 heavy (non-hydrogen) atoms. The number of amides is 7. The molecule has 0 saturated carbocycles. The zero-order chi connectivity index (χ0) is 41.0. The summed E-state index contributed by atoms with van der Waals surface area (Å²) >= 11 is 0. The molecule has 0 unspecified atom stereocenters. The lowest BCUT2D eigenvalue weighted by molar-refractivity contribution is -0.142. The maximum absolute atomic E-state index is 13.3. The van der Waals surface area contributed by atoms with Gasteiger partial charge in [0, 0.05) is 25.8 Å². The zero-order valence-corrected chi connectivity index (χ0v) is 29.6. The standard InChI is InChI=1S/C32H49N11O11/c1-16(26(48)40-19(8-5-13-38-32(36)37)29(51)43-22(31(53)54)14-17-6-3-2-4-7-17)39-28(50)20(9-11-23(34)44)42-30(52)21(10-12-24(35)45)41-27(49)18(33)15-25(46)47/h2-4,6-7,16,18-22H,5,8-15,33H2,1H3,(H2,34,44)(H2,35,45)(H,39,50)(H,40,48)(H,41,49)(H,42,52)(H,43,51)(H,46,47)(H,53,54)(H4,36,37,38)/t16-,18-,19-,20-,21-,22-/m0/s1. The third-order valence-electron chi connectivity index (χ3n) is 7.62. The van der Waals surface area contributed by atoms with Gasteiger partial charge in [-0.1, -0.05) is 30.3 Å². The smallest absolute Gasteiger partial charge is 0.326 e. The molecule has 0 radical (unpaired) electrons. The van der Waals surface area contributed by atoms with Gasteiger partial charge in [0.15, 0.2) is 5.96 Å². The van der Waals surface area contributed by atoms with E-state index in [4.69, 9.17) is 33.5 Å². The van der Waals surface area contributed by atoms with E-state index in [-0.39, 0.29) is 44.6 Å². The number of hydrogen-bond acceptors (Lipinski definition) is 11. The molecule has 0 bridgehead atoms. The zero-order valence-electron chi connectivity index (χ0n) is 29.6. The van der Waals surface area contributed by atoms with Crippen molar-refractivity contribution in [2.24, 2.45) is 22.9 Å². The van der Waals surface area contributed by atoms with Crippen LogP contribution in [0.15, 0.2) is 30.3 Å². The minimum atomic E-state index is -1.57. The van der Waals surface area contributed by atoms with Gasteiger partial charge in [-0.05, 0) is 38.2 Å². The van der Waals surface area contributed by atoms with Crippen LogP contribution >= 0.6 is 0 Å². The lowest BCUT2D eigenvalue weighted by Gasteiger charge is -2.26. The molecule has 1 aromatic rings. The van der Waals surface area contributed by atoms with E-state index in [0.717, 1.165) is 0 Å². The van der Waals surface area contributed by atoms with Gasteiger partial charge in [-0.25, -0.2) is 4.79 Å². The van der Waals surface area contributed by atoms with Crippen LogP contribution in [0.2, 0.25) is 0 Å². The summed E-state index contributed by atoms with van der Waals surface area (Å²) < 4.78 is 0. The highest BCUT2D eigenvalue weighted by Crippen LogP contribution is 2.07. The Morgan fingerprint density at radius 1 is 0.667 bits per heavy atom. The van der Waals surface area contributed by atoms with Crippen molar-refractivity contribution in [2.75, 3.05) is 6.54 Å². The minimum absolute atomic E-state index is 0.0535. The number of aliphatic carboxylic acids is 2. The Hall–Kier alpha value is -6.32. The Bertz CT molecular complexity index is 1530. The van der Waals surface area contributed by atoms with Crippen molar-refractivity contribution >= 4 is 59.2 Å². The summed E-state index contributed by atoms with van der Waals surface area (Å²) in [5, 5.41) is 40.3. The average Bonchev–Trinajstić information content (AvgIpc) is 3.08. The second kappa shape index (κ2) is 23.3. The summed E-state index contributed by atoms with van der Waals surface area (Å²) in [5.74, 6) is -9.65. The first kappa shape index (κ1) is 45.7. The van der Waals surface area contributed by atoms with Crippen LogP contribution in [-0.2, 0) is 49.6 Å². The molecule has 22 heteroatoms. The molecule has 6 atom stereocenters. The molecule has 0 fully saturated rings. The summed E-state index contributed by atoms with van der Waals surface area (Å²) in [4.78, 5) is 112. The number of primary amides is 2. The van der Waals surface area contributed by atoms with E-state index in [2.05, 4.69) is 31.9 Å². The fraction of sp³-hybridized carbons (Fsp3) is 0.500. The predicted molar refractivity (Wildman–Crippen MR) is 189 cm³/mol. The first-order valence-corrected chi connectivity index (χ1v) is 16.7. The summed E-state index contributed by atoms with van der Waals surface area (Å²) in [6, 6.07) is -0.273. The third-order valence-corrected chi connectivity index (χ3v) is 7.62. The van der Waals surface area contributed by atoms with Crippen LogP contribution in [0.4, 0.5) is 0 Å². The molecule has 1 aromatic carbocycles. The van der Waals surface area contributed by atoms with Crippen LogP contribution in [0.5, 0.6) is 0 Å². The highest BCUT2D eigenvalue weighted by molar-refractivity contribution is 5.97. The number of hydrogen-bond donors (Lipinski definition) is 13. The van der Waals surface area contributed by atoms with E-state index in [1.807, 2.05) is 0 Å². The number of benzene rings is 1. The normalized spacial score (nSPS) is 14.0. The Balaban J connectivity index is 3.16. The molecule has 0 aliphatic rings. The predicted octanol–water partition coefficient (Wildman–Crippen LogP) is -4.65. The van der Waals surface area contributed by atoms with Crippen molar-refractivity contribution in [1.82, 2.24) is 31.9 Å². The highest BCUT2D eigenvalue weighted by Gasteiger charge is 2.32. The van der Waals surface area contributed by atoms with Crippen LogP contribution in [0.3, 0.4) is 0 Å². The van der Waals surface area contributed by atoms with Gasteiger partial charge in [0.05, 0.1) is 12.5 Å². The molecular weight excluding hydrogens is 714 g/mol. The van der Waals surface area contributed by atoms with E-state index in [0.29, 0.717) is 5.56 Å². The second-order valence-corrected chi connectivity index (χ2v) is 12.2. The van der Waals surface area contributed by atoms with Crippen LogP contribution in [0, 0.1) is 5.41 Å². The van der Waals surface area contributed by atoms with Gasteiger partial charge < -0.3 is 65.0 Å². The van der Waals surface area contributed by atoms with Crippen molar-refractivity contribution in [3.63, 3.8) is 0 Å². The van der Waals surface area contributed by atoms with E-state index in [9.17, 15) is 48.3 Å². The SMILES string of the molecule is C[C@H](NC(=O)[C@H](CCC(N)=O)NC(=O)[C@H](CCC(N)=O)NC(=O)[C@@H](N)CC(=O)O)C(=O)N[C@@H](CCCNC(=N)N)C(=O)N[C@@H](Cc1ccccc1)C(=O)O. The summed E-state index contributed by atoms with van der Waals surface area (Å²) in [6.45, 7) is 1.36. The average molecular weight is 764 g/mol. The van der Waals surface area contributed by atoms with Gasteiger partial charge in [-0.3, -0.25) is 43.8 Å². The van der Waals surface area contributed by atoms with Gasteiger partial charge in [-0.2, -0.15) is 0 Å². The van der Waals surface area contributed by atoms with Gasteiger partial charge in [0.25, 0.3) is 0 Å². The van der Waals surface area contributed by atoms with Gasteiger partial charge in [0.2, 0.25) is 41.4 Å². The molecule has 0 aliphatic heterocycles. The first-order chi connectivity index (χ1) is 25.3. The van der Waals surface area contributed by atoms with E-state index < -0.39 is 109 Å². The van der Waals surface area contributed by atoms with Crippen molar-refractivity contribution in [3.8, 4) is 0 Å². The second-order valence-electron chi connectivity index (χ2n) is 12.2. The highest BCUT2D eigenvalue weighted by atomic mass is 16.4. The number of nitrogens with one attached hydrogen (secondary N) is 7. The molecule has 0 heterocycles. The number of nitrogens with two attached hydrogens (primary N) is 4. The van der Waals surface area contributed by atoms with E-state index in [1.165, 1.54) is 6.92 Å². The molecule has 17 N–H and O–H groups in total. The fourth-order valence-corrected chi connectivity index (χ4v) is 4.74. The summed E-state index contributed by atoms with van der Waals surface area (Å²) in [7, 11) is 0. The van der Waals surface area contributed by atoms with Crippen molar-refractivity contribution in [3.05, 3.63) is 35.9 Å². The maximum atomic E-state index is 13.3. The third kappa shape index (κ3) is 18.3. The van der Waals surface area contributed by atoms with Crippen molar-refractivity contribution in [1.29, 1.82) is 5.41 Å². The molecule has 1 rings (SSSR count). The molecule has 0 aliphatic carbocycles. The molecule has 298 valence electrons. The van der Waals surface area contributed by atoms with Crippen LogP contribution in [0.25, 0.3) is 0 Å². The lowest BCUT2D eigenvalue weighted by Crippen LogP contribution is -2.59. The quantitative estimate of drug-likeness (QED) is 0.0253. The van der Waals surface area contributed by atoms with Crippen molar-refractivity contribution < 1.29 is 53.4 Å². The number of carboxylic acid groups (broad SMARTS) is 2. The monoisotopic (exact) mass is 763 g/mol. The molecular formula is C32H49N11O11. The number of guanidine groups is 1. The number of carboxylic acids is 2. The van der Waals surface area contributed by atoms with Gasteiger partial charge in [0.1, 0.15) is 30.2 Å².